The smallest absolute Gasteiger partial charge is 0.252 e. The van der Waals surface area contributed by atoms with Crippen LogP contribution < -0.4 is 5.32 Å². The van der Waals surface area contributed by atoms with E-state index in [2.05, 4.69) is 10.3 Å². The number of hydrogen-bond acceptors (Lipinski definition) is 6. The first-order chi connectivity index (χ1) is 13.9. The molecule has 154 valence electrons. The lowest BCUT2D eigenvalue weighted by Crippen LogP contribution is -2.22. The van der Waals surface area contributed by atoms with Crippen LogP contribution in [0.5, 0.6) is 0 Å². The maximum absolute atomic E-state index is 12.1. The van der Waals surface area contributed by atoms with Crippen molar-refractivity contribution in [2.45, 2.75) is 30.0 Å². The van der Waals surface area contributed by atoms with Gasteiger partial charge in [0.25, 0.3) is 10.0 Å². The van der Waals surface area contributed by atoms with Gasteiger partial charge in [-0.15, -0.1) is 11.3 Å². The fourth-order valence-corrected chi connectivity index (χ4v) is 5.07. The molecule has 29 heavy (non-hydrogen) atoms. The fourth-order valence-electron chi connectivity index (χ4n) is 2.61. The third kappa shape index (κ3) is 5.53. The molecule has 0 aliphatic carbocycles. The van der Waals surface area contributed by atoms with Crippen LogP contribution in [0.2, 0.25) is 0 Å². The van der Waals surface area contributed by atoms with Gasteiger partial charge in [-0.1, -0.05) is 30.3 Å². The molecule has 0 aliphatic rings. The topological polar surface area (TPSA) is 92.5 Å². The molecule has 3 rings (SSSR count). The van der Waals surface area contributed by atoms with Crippen LogP contribution in [-0.4, -0.2) is 37.7 Å². The van der Waals surface area contributed by atoms with Gasteiger partial charge in [-0.05, 0) is 18.6 Å². The summed E-state index contributed by atoms with van der Waals surface area (Å²) >= 11 is 1.16. The van der Waals surface area contributed by atoms with E-state index in [-0.39, 0.29) is 10.1 Å². The van der Waals surface area contributed by atoms with Crippen molar-refractivity contribution in [2.24, 2.45) is 0 Å². The number of carbonyl (C=O) groups is 1. The van der Waals surface area contributed by atoms with Gasteiger partial charge in [-0.2, -0.15) is 0 Å². The number of nitrogens with zero attached hydrogens (tertiary/aromatic N) is 2. The van der Waals surface area contributed by atoms with Crippen LogP contribution in [0.15, 0.2) is 57.3 Å². The van der Waals surface area contributed by atoms with Crippen molar-refractivity contribution in [1.29, 1.82) is 0 Å². The monoisotopic (exact) mass is 433 g/mol. The van der Waals surface area contributed by atoms with Gasteiger partial charge in [0.15, 0.2) is 11.7 Å². The zero-order valence-corrected chi connectivity index (χ0v) is 17.9. The second-order valence-electron chi connectivity index (χ2n) is 6.62. The predicted molar refractivity (Wildman–Crippen MR) is 112 cm³/mol. The molecule has 0 saturated heterocycles. The molecule has 9 heteroatoms. The Kier molecular flexibility index (Phi) is 6.83. The van der Waals surface area contributed by atoms with Crippen LogP contribution >= 0.6 is 11.3 Å². The highest BCUT2D eigenvalue weighted by Gasteiger charge is 2.19. The van der Waals surface area contributed by atoms with E-state index in [0.717, 1.165) is 21.8 Å². The number of aryl methyl sites for hydroxylation is 1. The van der Waals surface area contributed by atoms with Crippen LogP contribution in [0.25, 0.3) is 11.3 Å². The highest BCUT2D eigenvalue weighted by Crippen LogP contribution is 2.24. The van der Waals surface area contributed by atoms with Crippen molar-refractivity contribution in [3.05, 3.63) is 59.4 Å². The number of amides is 1. The average molecular weight is 434 g/mol. The summed E-state index contributed by atoms with van der Waals surface area (Å²) in [5, 5.41) is 2.82. The van der Waals surface area contributed by atoms with Crippen molar-refractivity contribution in [1.82, 2.24) is 14.6 Å². The molecule has 2 aromatic heterocycles. The zero-order chi connectivity index (χ0) is 20.9. The molecule has 0 bridgehead atoms. The molecule has 0 unspecified atom stereocenters. The Morgan fingerprint density at radius 3 is 2.66 bits per heavy atom. The maximum atomic E-state index is 12.1. The van der Waals surface area contributed by atoms with E-state index < -0.39 is 10.0 Å². The molecule has 0 fully saturated rings. The Bertz CT molecular complexity index is 1060. The van der Waals surface area contributed by atoms with Crippen LogP contribution in [0, 0.1) is 0 Å². The van der Waals surface area contributed by atoms with Crippen LogP contribution in [0.3, 0.4) is 0 Å². The Morgan fingerprint density at radius 1 is 1.17 bits per heavy atom. The van der Waals surface area contributed by atoms with Crippen LogP contribution in [0.4, 0.5) is 0 Å². The predicted octanol–water partition coefficient (Wildman–Crippen LogP) is 3.29. The van der Waals surface area contributed by atoms with Crippen molar-refractivity contribution >= 4 is 27.3 Å². The molecule has 0 aliphatic heterocycles. The number of nitrogens with one attached hydrogen (secondary N) is 1. The summed E-state index contributed by atoms with van der Waals surface area (Å²) in [4.78, 5) is 17.1. The van der Waals surface area contributed by atoms with Gasteiger partial charge in [0.1, 0.15) is 4.21 Å². The normalized spacial score (nSPS) is 11.7. The van der Waals surface area contributed by atoms with Crippen molar-refractivity contribution in [3.63, 3.8) is 0 Å². The SMILES string of the molecule is CN(C)S(=O)(=O)c1ccc(CNC(=O)CCCc2ncc(-c3ccccc3)o2)s1. The minimum atomic E-state index is -3.44. The molecule has 3 aromatic rings. The minimum Gasteiger partial charge on any atom is -0.441 e. The maximum Gasteiger partial charge on any atom is 0.252 e. The Morgan fingerprint density at radius 2 is 1.93 bits per heavy atom. The largest absolute Gasteiger partial charge is 0.441 e. The molecule has 2 heterocycles. The van der Waals surface area contributed by atoms with Gasteiger partial charge in [0.05, 0.1) is 12.7 Å². The minimum absolute atomic E-state index is 0.0924. The highest BCUT2D eigenvalue weighted by atomic mass is 32.2. The Hall–Kier alpha value is -2.49. The van der Waals surface area contributed by atoms with E-state index in [1.807, 2.05) is 30.3 Å². The zero-order valence-electron chi connectivity index (χ0n) is 16.3. The number of carbonyl (C=O) groups excluding carboxylic acids is 1. The number of aromatic nitrogens is 1. The summed E-state index contributed by atoms with van der Waals surface area (Å²) in [6.45, 7) is 0.309. The molecule has 7 nitrogen and oxygen atoms in total. The summed E-state index contributed by atoms with van der Waals surface area (Å²) in [6, 6.07) is 13.0. The molecule has 0 saturated carbocycles. The molecule has 0 radical (unpaired) electrons. The Balaban J connectivity index is 1.43. The fraction of sp³-hybridized carbons (Fsp3) is 0.300. The lowest BCUT2D eigenvalue weighted by Gasteiger charge is -2.08. The van der Waals surface area contributed by atoms with E-state index in [1.54, 1.807) is 18.3 Å². The van der Waals surface area contributed by atoms with E-state index in [1.165, 1.54) is 18.4 Å². The van der Waals surface area contributed by atoms with Crippen molar-refractivity contribution in [3.8, 4) is 11.3 Å². The molecule has 1 amide bonds. The summed E-state index contributed by atoms with van der Waals surface area (Å²) in [5.41, 5.74) is 0.968. The molecule has 0 spiro atoms. The number of benzene rings is 1. The second kappa shape index (κ2) is 9.34. The molecule has 0 atom stereocenters. The van der Waals surface area contributed by atoms with Crippen LogP contribution in [-0.2, 0) is 27.8 Å². The van der Waals surface area contributed by atoms with E-state index in [0.29, 0.717) is 37.5 Å². The van der Waals surface area contributed by atoms with Gasteiger partial charge in [0, 0.05) is 37.4 Å². The van der Waals surface area contributed by atoms with Crippen LogP contribution in [0.1, 0.15) is 23.6 Å². The van der Waals surface area contributed by atoms with Gasteiger partial charge in [0.2, 0.25) is 5.91 Å². The summed E-state index contributed by atoms with van der Waals surface area (Å²) in [5.74, 6) is 1.23. The van der Waals surface area contributed by atoms with E-state index >= 15 is 0 Å². The summed E-state index contributed by atoms with van der Waals surface area (Å²) < 4.78 is 31.3. The number of sulfonamides is 1. The first kappa shape index (κ1) is 21.2. The van der Waals surface area contributed by atoms with Gasteiger partial charge in [-0.3, -0.25) is 4.79 Å². The lowest BCUT2D eigenvalue weighted by atomic mass is 10.2. The molecular formula is C20H23N3O4S2. The quantitative estimate of drug-likeness (QED) is 0.559. The average Bonchev–Trinajstić information content (AvgIpc) is 3.37. The third-order valence-corrected chi connectivity index (χ3v) is 7.61. The molecule has 1 aromatic carbocycles. The first-order valence-corrected chi connectivity index (χ1v) is 11.4. The number of rotatable bonds is 9. The highest BCUT2D eigenvalue weighted by molar-refractivity contribution is 7.91. The van der Waals surface area contributed by atoms with Gasteiger partial charge >= 0.3 is 0 Å². The number of oxazole rings is 1. The number of hydrogen-bond donors (Lipinski definition) is 1. The number of thiophene rings is 1. The standard InChI is InChI=1S/C20H23N3O4S2/c1-23(2)29(25,26)20-12-11-16(28-20)13-21-18(24)9-6-10-19-22-14-17(27-19)15-7-4-3-5-8-15/h3-5,7-8,11-12,14H,6,9-10,13H2,1-2H3,(H,21,24). The van der Waals surface area contributed by atoms with E-state index in [9.17, 15) is 13.2 Å². The van der Waals surface area contributed by atoms with Gasteiger partial charge < -0.3 is 9.73 Å². The van der Waals surface area contributed by atoms with E-state index in [4.69, 9.17) is 4.42 Å². The third-order valence-electron chi connectivity index (χ3n) is 4.24. The molecular weight excluding hydrogens is 410 g/mol. The lowest BCUT2D eigenvalue weighted by molar-refractivity contribution is -0.121. The first-order valence-electron chi connectivity index (χ1n) is 9.14. The molecule has 1 N–H and O–H groups in total. The summed E-state index contributed by atoms with van der Waals surface area (Å²) in [6.07, 6.45) is 3.23. The van der Waals surface area contributed by atoms with Crippen molar-refractivity contribution in [2.75, 3.05) is 14.1 Å². The van der Waals surface area contributed by atoms with Gasteiger partial charge in [-0.25, -0.2) is 17.7 Å². The summed E-state index contributed by atoms with van der Waals surface area (Å²) in [7, 11) is -0.449. The second-order valence-corrected chi connectivity index (χ2v) is 10.2. The Labute approximate surface area is 174 Å². The van der Waals surface area contributed by atoms with Crippen molar-refractivity contribution < 1.29 is 17.6 Å².